The number of fused-ring (bicyclic) bond motifs is 1. The zero-order chi connectivity index (χ0) is 13.5. The monoisotopic (exact) mass is 285 g/mol. The van der Waals surface area contributed by atoms with Crippen molar-refractivity contribution < 1.29 is 13.5 Å². The third-order valence-corrected chi connectivity index (χ3v) is 6.42. The lowest BCUT2D eigenvalue weighted by molar-refractivity contribution is 0.196. The molecule has 3 rings (SSSR count). The Labute approximate surface area is 112 Å². The SMILES string of the molecule is O=S1(=O)CCCC1Cc1nc2n(n1)CCC(CO)C2. The summed E-state index contributed by atoms with van der Waals surface area (Å²) in [5.41, 5.74) is 0. The lowest BCUT2D eigenvalue weighted by Gasteiger charge is -2.19. The predicted molar refractivity (Wildman–Crippen MR) is 69.4 cm³/mol. The second-order valence-corrected chi connectivity index (χ2v) is 7.94. The molecule has 1 aromatic rings. The van der Waals surface area contributed by atoms with Gasteiger partial charge in [-0.2, -0.15) is 5.10 Å². The van der Waals surface area contributed by atoms with Crippen LogP contribution < -0.4 is 0 Å². The van der Waals surface area contributed by atoms with Crippen LogP contribution in [0.4, 0.5) is 0 Å². The quantitative estimate of drug-likeness (QED) is 0.842. The summed E-state index contributed by atoms with van der Waals surface area (Å²) < 4.78 is 25.5. The van der Waals surface area contributed by atoms with Gasteiger partial charge in [-0.1, -0.05) is 0 Å². The van der Waals surface area contributed by atoms with Crippen molar-refractivity contribution in [3.8, 4) is 0 Å². The lowest BCUT2D eigenvalue weighted by Crippen LogP contribution is -2.22. The van der Waals surface area contributed by atoms with E-state index in [-0.39, 0.29) is 17.8 Å². The van der Waals surface area contributed by atoms with Crippen LogP contribution in [0.3, 0.4) is 0 Å². The lowest BCUT2D eigenvalue weighted by atomic mass is 9.99. The minimum absolute atomic E-state index is 0.180. The van der Waals surface area contributed by atoms with Gasteiger partial charge in [0.1, 0.15) is 5.82 Å². The normalized spacial score (nSPS) is 29.3. The van der Waals surface area contributed by atoms with Crippen molar-refractivity contribution in [2.45, 2.75) is 43.9 Å². The van der Waals surface area contributed by atoms with E-state index in [2.05, 4.69) is 10.1 Å². The van der Waals surface area contributed by atoms with E-state index in [9.17, 15) is 13.5 Å². The van der Waals surface area contributed by atoms with Crippen LogP contribution in [0.5, 0.6) is 0 Å². The van der Waals surface area contributed by atoms with Gasteiger partial charge in [0.2, 0.25) is 0 Å². The summed E-state index contributed by atoms with van der Waals surface area (Å²) >= 11 is 0. The van der Waals surface area contributed by atoms with Crippen LogP contribution in [-0.2, 0) is 29.2 Å². The molecule has 2 aliphatic heterocycles. The van der Waals surface area contributed by atoms with Gasteiger partial charge in [0.25, 0.3) is 0 Å². The fourth-order valence-electron chi connectivity index (χ4n) is 2.95. The van der Waals surface area contributed by atoms with Crippen LogP contribution in [0.25, 0.3) is 0 Å². The molecule has 1 aromatic heterocycles. The molecule has 0 radical (unpaired) electrons. The molecule has 0 saturated carbocycles. The van der Waals surface area contributed by atoms with Gasteiger partial charge in [0, 0.05) is 26.0 Å². The van der Waals surface area contributed by atoms with Crippen LogP contribution >= 0.6 is 0 Å². The zero-order valence-corrected chi connectivity index (χ0v) is 11.6. The van der Waals surface area contributed by atoms with Crippen molar-refractivity contribution in [3.05, 3.63) is 11.6 Å². The highest BCUT2D eigenvalue weighted by molar-refractivity contribution is 7.92. The Hall–Kier alpha value is -0.950. The molecular formula is C12H19N3O3S. The molecule has 1 N–H and O–H groups in total. The Bertz CT molecular complexity index is 567. The number of rotatable bonds is 3. The van der Waals surface area contributed by atoms with Crippen molar-refractivity contribution >= 4 is 9.84 Å². The van der Waals surface area contributed by atoms with Crippen LogP contribution in [0, 0.1) is 5.92 Å². The summed E-state index contributed by atoms with van der Waals surface area (Å²) in [6, 6.07) is 0. The molecule has 0 aromatic carbocycles. The van der Waals surface area contributed by atoms with Gasteiger partial charge in [0.15, 0.2) is 15.7 Å². The largest absolute Gasteiger partial charge is 0.396 e. The van der Waals surface area contributed by atoms with Crippen LogP contribution in [0.1, 0.15) is 30.9 Å². The number of hydrogen-bond acceptors (Lipinski definition) is 5. The first-order chi connectivity index (χ1) is 9.08. The fourth-order valence-corrected chi connectivity index (χ4v) is 4.79. The van der Waals surface area contributed by atoms with Gasteiger partial charge >= 0.3 is 0 Å². The van der Waals surface area contributed by atoms with Crippen molar-refractivity contribution in [1.29, 1.82) is 0 Å². The first-order valence-corrected chi connectivity index (χ1v) is 8.55. The summed E-state index contributed by atoms with van der Waals surface area (Å²) in [5, 5.41) is 13.3. The molecule has 0 amide bonds. The average Bonchev–Trinajstić information content (AvgIpc) is 2.92. The van der Waals surface area contributed by atoms with E-state index < -0.39 is 9.84 Å². The number of aliphatic hydroxyl groups is 1. The topological polar surface area (TPSA) is 85.1 Å². The van der Waals surface area contributed by atoms with Crippen LogP contribution in [0.2, 0.25) is 0 Å². The maximum atomic E-state index is 11.8. The highest BCUT2D eigenvalue weighted by Gasteiger charge is 2.33. The number of nitrogens with zero attached hydrogens (tertiary/aromatic N) is 3. The van der Waals surface area contributed by atoms with E-state index in [1.54, 1.807) is 0 Å². The molecule has 1 saturated heterocycles. The Morgan fingerprint density at radius 1 is 1.37 bits per heavy atom. The van der Waals surface area contributed by atoms with E-state index in [4.69, 9.17) is 0 Å². The van der Waals surface area contributed by atoms with Crippen molar-refractivity contribution in [2.24, 2.45) is 5.92 Å². The molecule has 6 nitrogen and oxygen atoms in total. The number of sulfone groups is 1. The zero-order valence-electron chi connectivity index (χ0n) is 10.8. The Morgan fingerprint density at radius 2 is 2.21 bits per heavy atom. The van der Waals surface area contributed by atoms with E-state index in [1.165, 1.54) is 0 Å². The van der Waals surface area contributed by atoms with Gasteiger partial charge in [-0.05, 0) is 25.2 Å². The third-order valence-electron chi connectivity index (χ3n) is 4.14. The fraction of sp³-hybridized carbons (Fsp3) is 0.833. The summed E-state index contributed by atoms with van der Waals surface area (Å²) in [7, 11) is -2.93. The van der Waals surface area contributed by atoms with E-state index in [0.717, 1.165) is 38.1 Å². The molecule has 2 atom stereocenters. The number of aliphatic hydroxyl groups excluding tert-OH is 1. The van der Waals surface area contributed by atoms with Gasteiger partial charge in [0.05, 0.1) is 11.0 Å². The number of aryl methyl sites for hydroxylation is 1. The Kier molecular flexibility index (Phi) is 3.34. The highest BCUT2D eigenvalue weighted by atomic mass is 32.2. The molecule has 7 heteroatoms. The summed E-state index contributed by atoms with van der Waals surface area (Å²) in [6.07, 6.45) is 3.57. The second kappa shape index (κ2) is 4.86. The molecule has 2 unspecified atom stereocenters. The molecule has 1 fully saturated rings. The van der Waals surface area contributed by atoms with Crippen molar-refractivity contribution in [1.82, 2.24) is 14.8 Å². The second-order valence-electron chi connectivity index (χ2n) is 5.54. The van der Waals surface area contributed by atoms with Crippen LogP contribution in [-0.4, -0.2) is 45.9 Å². The summed E-state index contributed by atoms with van der Waals surface area (Å²) in [4.78, 5) is 4.45. The Morgan fingerprint density at radius 3 is 2.89 bits per heavy atom. The molecule has 3 heterocycles. The van der Waals surface area contributed by atoms with Crippen molar-refractivity contribution in [3.63, 3.8) is 0 Å². The number of hydrogen-bond donors (Lipinski definition) is 1. The summed E-state index contributed by atoms with van der Waals surface area (Å²) in [6.45, 7) is 0.949. The first kappa shape index (κ1) is 13.1. The van der Waals surface area contributed by atoms with Gasteiger partial charge in [-0.15, -0.1) is 0 Å². The molecular weight excluding hydrogens is 266 g/mol. The van der Waals surface area contributed by atoms with Crippen molar-refractivity contribution in [2.75, 3.05) is 12.4 Å². The average molecular weight is 285 g/mol. The maximum Gasteiger partial charge on any atom is 0.153 e. The standard InChI is InChI=1S/C12H19N3O3S/c16-8-9-3-4-15-12(6-9)13-11(14-15)7-10-2-1-5-19(10,17)18/h9-10,16H,1-8H2. The summed E-state index contributed by atoms with van der Waals surface area (Å²) in [5.74, 6) is 2.09. The smallest absolute Gasteiger partial charge is 0.153 e. The molecule has 106 valence electrons. The molecule has 0 spiro atoms. The highest BCUT2D eigenvalue weighted by Crippen LogP contribution is 2.24. The van der Waals surface area contributed by atoms with Gasteiger partial charge in [-0.3, -0.25) is 0 Å². The Balaban J connectivity index is 1.75. The molecule has 19 heavy (non-hydrogen) atoms. The van der Waals surface area contributed by atoms with E-state index in [1.807, 2.05) is 4.68 Å². The predicted octanol–water partition coefficient (Wildman–Crippen LogP) is -0.0475. The van der Waals surface area contributed by atoms with Crippen LogP contribution in [0.15, 0.2) is 0 Å². The minimum Gasteiger partial charge on any atom is -0.396 e. The molecule has 2 aliphatic rings. The number of aromatic nitrogens is 3. The van der Waals surface area contributed by atoms with Gasteiger partial charge in [-0.25, -0.2) is 18.1 Å². The first-order valence-electron chi connectivity index (χ1n) is 6.83. The van der Waals surface area contributed by atoms with Gasteiger partial charge < -0.3 is 5.11 Å². The maximum absolute atomic E-state index is 11.8. The van der Waals surface area contributed by atoms with E-state index >= 15 is 0 Å². The minimum atomic E-state index is -2.93. The molecule has 0 aliphatic carbocycles. The third kappa shape index (κ3) is 2.53. The molecule has 0 bridgehead atoms. The van der Waals surface area contributed by atoms with E-state index in [0.29, 0.717) is 18.0 Å².